The fourth-order valence-electron chi connectivity index (χ4n) is 2.10. The number of carbonyl (C=O) groups is 1. The van der Waals surface area contributed by atoms with Crippen molar-refractivity contribution < 1.29 is 15.0 Å². The highest BCUT2D eigenvalue weighted by molar-refractivity contribution is 6.36. The average molecular weight is 256 g/mol. The second-order valence-electron chi connectivity index (χ2n) is 4.19. The van der Waals surface area contributed by atoms with Gasteiger partial charge in [-0.2, -0.15) is 0 Å². The van der Waals surface area contributed by atoms with Crippen LogP contribution in [0.4, 0.5) is 5.69 Å². The summed E-state index contributed by atoms with van der Waals surface area (Å²) in [6.45, 7) is 1.29. The zero-order chi connectivity index (χ0) is 12.4. The fraction of sp³-hybridized carbons (Fsp3) is 0.417. The van der Waals surface area contributed by atoms with E-state index in [1.807, 2.05) is 4.90 Å². The molecule has 0 saturated carbocycles. The molecule has 0 spiro atoms. The Morgan fingerprint density at radius 2 is 2.24 bits per heavy atom. The molecular formula is C12H14ClNO3. The molecule has 0 aromatic heterocycles. The van der Waals surface area contributed by atoms with Crippen molar-refractivity contribution in [2.24, 2.45) is 0 Å². The first-order valence-electron chi connectivity index (χ1n) is 5.54. The minimum atomic E-state index is -1.03. The van der Waals surface area contributed by atoms with Gasteiger partial charge < -0.3 is 15.1 Å². The maximum atomic E-state index is 11.0. The summed E-state index contributed by atoms with van der Waals surface area (Å²) in [6.07, 6.45) is 1.30. The van der Waals surface area contributed by atoms with Crippen LogP contribution in [0.15, 0.2) is 18.2 Å². The highest BCUT2D eigenvalue weighted by atomic mass is 35.5. The van der Waals surface area contributed by atoms with Gasteiger partial charge in [0.2, 0.25) is 0 Å². The predicted octanol–water partition coefficient (Wildman–Crippen LogP) is 2.00. The van der Waals surface area contributed by atoms with E-state index in [0.717, 1.165) is 19.4 Å². The highest BCUT2D eigenvalue weighted by Gasteiger charge is 2.21. The molecule has 0 amide bonds. The Balaban J connectivity index is 2.32. The van der Waals surface area contributed by atoms with Gasteiger partial charge in [-0.15, -0.1) is 0 Å². The molecule has 2 rings (SSSR count). The summed E-state index contributed by atoms with van der Waals surface area (Å²) in [5.41, 5.74) is 0.787. The van der Waals surface area contributed by atoms with Gasteiger partial charge in [0.25, 0.3) is 0 Å². The van der Waals surface area contributed by atoms with Crippen molar-refractivity contribution >= 4 is 23.3 Å². The summed E-state index contributed by atoms with van der Waals surface area (Å²) < 4.78 is 0. The van der Waals surface area contributed by atoms with Crippen molar-refractivity contribution in [1.82, 2.24) is 0 Å². The molecular weight excluding hydrogens is 242 g/mol. The van der Waals surface area contributed by atoms with Gasteiger partial charge in [0.15, 0.2) is 0 Å². The summed E-state index contributed by atoms with van der Waals surface area (Å²) >= 11 is 6.08. The molecule has 1 heterocycles. The van der Waals surface area contributed by atoms with E-state index in [1.54, 1.807) is 12.1 Å². The molecule has 0 unspecified atom stereocenters. The van der Waals surface area contributed by atoms with Gasteiger partial charge in [-0.25, -0.2) is 4.79 Å². The zero-order valence-corrected chi connectivity index (χ0v) is 10.0. The molecule has 1 saturated heterocycles. The summed E-state index contributed by atoms with van der Waals surface area (Å²) in [7, 11) is 0. The quantitative estimate of drug-likeness (QED) is 0.849. The van der Waals surface area contributed by atoms with Crippen LogP contribution in [0.3, 0.4) is 0 Å². The fourth-order valence-corrected chi connectivity index (χ4v) is 2.43. The number of aliphatic hydroxyl groups excluding tert-OH is 1. The Hall–Kier alpha value is -1.26. The van der Waals surface area contributed by atoms with Gasteiger partial charge >= 0.3 is 5.97 Å². The van der Waals surface area contributed by atoms with Crippen LogP contribution in [-0.2, 0) is 0 Å². The van der Waals surface area contributed by atoms with Crippen molar-refractivity contribution in [2.75, 3.05) is 18.0 Å². The van der Waals surface area contributed by atoms with Crippen molar-refractivity contribution in [1.29, 1.82) is 0 Å². The summed E-state index contributed by atoms with van der Waals surface area (Å²) in [5.74, 6) is -1.03. The molecule has 92 valence electrons. The molecule has 1 aromatic carbocycles. The lowest BCUT2D eigenvalue weighted by Gasteiger charge is -2.32. The number of aliphatic hydroxyl groups is 1. The molecule has 1 fully saturated rings. The zero-order valence-electron chi connectivity index (χ0n) is 9.27. The van der Waals surface area contributed by atoms with Crippen LogP contribution in [0, 0.1) is 0 Å². The van der Waals surface area contributed by atoms with Crippen LogP contribution in [0.1, 0.15) is 23.2 Å². The molecule has 2 N–H and O–H groups in total. The van der Waals surface area contributed by atoms with E-state index >= 15 is 0 Å². The largest absolute Gasteiger partial charge is 0.478 e. The Morgan fingerprint density at radius 3 is 2.88 bits per heavy atom. The van der Waals surface area contributed by atoms with Gasteiger partial charge in [0, 0.05) is 13.1 Å². The number of benzene rings is 1. The van der Waals surface area contributed by atoms with Crippen LogP contribution in [0.2, 0.25) is 5.02 Å². The van der Waals surface area contributed by atoms with Crippen molar-refractivity contribution in [2.45, 2.75) is 18.9 Å². The van der Waals surface area contributed by atoms with Crippen LogP contribution in [0.5, 0.6) is 0 Å². The SMILES string of the molecule is O=C(O)c1cccc(N2CCC[C@@H](O)C2)c1Cl. The third-order valence-corrected chi connectivity index (χ3v) is 3.34. The lowest BCUT2D eigenvalue weighted by Crippen LogP contribution is -2.38. The summed E-state index contributed by atoms with van der Waals surface area (Å²) in [5, 5.41) is 18.8. The Morgan fingerprint density at radius 1 is 1.47 bits per heavy atom. The molecule has 1 aromatic rings. The first-order chi connectivity index (χ1) is 8.09. The van der Waals surface area contributed by atoms with E-state index in [0.29, 0.717) is 12.2 Å². The topological polar surface area (TPSA) is 60.8 Å². The summed E-state index contributed by atoms with van der Waals surface area (Å²) in [4.78, 5) is 12.9. The number of hydrogen-bond acceptors (Lipinski definition) is 3. The lowest BCUT2D eigenvalue weighted by atomic mass is 10.1. The molecule has 1 aliphatic heterocycles. The van der Waals surface area contributed by atoms with E-state index < -0.39 is 5.97 Å². The monoisotopic (exact) mass is 255 g/mol. The molecule has 1 aliphatic rings. The van der Waals surface area contributed by atoms with E-state index in [2.05, 4.69) is 0 Å². The van der Waals surface area contributed by atoms with Crippen LogP contribution in [-0.4, -0.2) is 35.4 Å². The maximum absolute atomic E-state index is 11.0. The number of nitrogens with zero attached hydrogens (tertiary/aromatic N) is 1. The van der Waals surface area contributed by atoms with Crippen molar-refractivity contribution in [3.63, 3.8) is 0 Å². The number of piperidine rings is 1. The van der Waals surface area contributed by atoms with Gasteiger partial charge in [-0.1, -0.05) is 17.7 Å². The van der Waals surface area contributed by atoms with Crippen molar-refractivity contribution in [3.8, 4) is 0 Å². The molecule has 0 aliphatic carbocycles. The summed E-state index contributed by atoms with van der Waals surface area (Å²) in [6, 6.07) is 4.94. The molecule has 1 atom stereocenters. The first-order valence-corrected chi connectivity index (χ1v) is 5.92. The average Bonchev–Trinajstić information content (AvgIpc) is 2.29. The normalized spacial score (nSPS) is 20.4. The molecule has 5 heteroatoms. The van der Waals surface area contributed by atoms with E-state index in [1.165, 1.54) is 6.07 Å². The van der Waals surface area contributed by atoms with Gasteiger partial charge in [0.05, 0.1) is 22.4 Å². The number of hydrogen-bond donors (Lipinski definition) is 2. The van der Waals surface area contributed by atoms with Crippen LogP contribution in [0.25, 0.3) is 0 Å². The third kappa shape index (κ3) is 2.53. The number of β-amino-alcohol motifs (C(OH)–C–C–N with tert-alkyl or cyclic N) is 1. The van der Waals surface area contributed by atoms with Gasteiger partial charge in [-0.05, 0) is 25.0 Å². The number of aromatic carboxylic acids is 1. The van der Waals surface area contributed by atoms with Gasteiger partial charge in [0.1, 0.15) is 0 Å². The van der Waals surface area contributed by atoms with E-state index in [9.17, 15) is 9.90 Å². The minimum absolute atomic E-state index is 0.101. The van der Waals surface area contributed by atoms with Crippen molar-refractivity contribution in [3.05, 3.63) is 28.8 Å². The molecule has 0 bridgehead atoms. The minimum Gasteiger partial charge on any atom is -0.478 e. The van der Waals surface area contributed by atoms with Crippen LogP contribution < -0.4 is 4.90 Å². The second kappa shape index (κ2) is 4.94. The number of halogens is 1. The lowest BCUT2D eigenvalue weighted by molar-refractivity contribution is 0.0697. The van der Waals surface area contributed by atoms with E-state index in [4.69, 9.17) is 16.7 Å². The molecule has 4 nitrogen and oxygen atoms in total. The van der Waals surface area contributed by atoms with Crippen LogP contribution >= 0.6 is 11.6 Å². The molecule has 0 radical (unpaired) electrons. The Kier molecular flexibility index (Phi) is 3.54. The van der Waals surface area contributed by atoms with E-state index in [-0.39, 0.29) is 16.7 Å². The predicted molar refractivity (Wildman–Crippen MR) is 65.9 cm³/mol. The Bertz CT molecular complexity index is 436. The number of anilines is 1. The standard InChI is InChI=1S/C12H14ClNO3/c13-11-9(12(16)17)4-1-5-10(11)14-6-2-3-8(15)7-14/h1,4-5,8,15H,2-3,6-7H2,(H,16,17)/t8-/m1/s1. The smallest absolute Gasteiger partial charge is 0.337 e. The second-order valence-corrected chi connectivity index (χ2v) is 4.56. The third-order valence-electron chi connectivity index (χ3n) is 2.95. The maximum Gasteiger partial charge on any atom is 0.337 e. The van der Waals surface area contributed by atoms with Gasteiger partial charge in [-0.3, -0.25) is 0 Å². The number of carboxylic acid groups (broad SMARTS) is 1. The first kappa shape index (κ1) is 12.2. The molecule has 17 heavy (non-hydrogen) atoms. The number of rotatable bonds is 2. The highest BCUT2D eigenvalue weighted by Crippen LogP contribution is 2.31. The Labute approximate surface area is 104 Å². The number of carboxylic acids is 1.